The van der Waals surface area contributed by atoms with Crippen molar-refractivity contribution in [1.82, 2.24) is 5.32 Å². The summed E-state index contributed by atoms with van der Waals surface area (Å²) in [6, 6.07) is 9.01. The van der Waals surface area contributed by atoms with E-state index in [1.165, 1.54) is 24.0 Å². The van der Waals surface area contributed by atoms with Crippen molar-refractivity contribution in [2.45, 2.75) is 38.3 Å². The van der Waals surface area contributed by atoms with Crippen molar-refractivity contribution in [3.05, 3.63) is 35.4 Å². The summed E-state index contributed by atoms with van der Waals surface area (Å²) < 4.78 is 5.18. The van der Waals surface area contributed by atoms with Gasteiger partial charge in [0.05, 0.1) is 6.10 Å². The van der Waals surface area contributed by atoms with E-state index >= 15 is 0 Å². The molecule has 0 amide bonds. The number of hydrogen-bond donors (Lipinski definition) is 1. The number of benzene rings is 1. The minimum Gasteiger partial charge on any atom is -0.380 e. The highest BCUT2D eigenvalue weighted by atomic mass is 16.5. The fraction of sp³-hybridized carbons (Fsp3) is 0.571. The van der Waals surface area contributed by atoms with Crippen LogP contribution in [0.1, 0.15) is 36.8 Å². The third-order valence-corrected chi connectivity index (χ3v) is 3.19. The first kappa shape index (κ1) is 11.6. The summed E-state index contributed by atoms with van der Waals surface area (Å²) in [7, 11) is 1.75. The zero-order valence-corrected chi connectivity index (χ0v) is 10.2. The Balaban J connectivity index is 1.76. The van der Waals surface area contributed by atoms with Crippen molar-refractivity contribution in [1.29, 1.82) is 0 Å². The molecule has 1 aliphatic carbocycles. The van der Waals surface area contributed by atoms with Crippen LogP contribution in [-0.4, -0.2) is 19.8 Å². The molecule has 1 N–H and O–H groups in total. The van der Waals surface area contributed by atoms with Crippen LogP contribution in [0.3, 0.4) is 0 Å². The van der Waals surface area contributed by atoms with Gasteiger partial charge in [-0.3, -0.25) is 0 Å². The predicted octanol–water partition coefficient (Wildman–Crippen LogP) is 2.69. The van der Waals surface area contributed by atoms with Gasteiger partial charge in [0.1, 0.15) is 0 Å². The van der Waals surface area contributed by atoms with E-state index < -0.39 is 0 Å². The molecule has 2 rings (SSSR count). The molecule has 0 aromatic heterocycles. The Bertz CT molecular complexity index is 316. The van der Waals surface area contributed by atoms with Crippen molar-refractivity contribution < 1.29 is 4.74 Å². The fourth-order valence-corrected chi connectivity index (χ4v) is 1.83. The van der Waals surface area contributed by atoms with Crippen LogP contribution in [0.2, 0.25) is 0 Å². The highest BCUT2D eigenvalue weighted by molar-refractivity contribution is 5.27. The van der Waals surface area contributed by atoms with Crippen LogP contribution < -0.4 is 5.32 Å². The summed E-state index contributed by atoms with van der Waals surface area (Å²) >= 11 is 0. The molecule has 88 valence electrons. The molecular weight excluding hydrogens is 198 g/mol. The SMILES string of the molecule is COC(C)CNCc1ccc(C2CC2)cc1. The minimum absolute atomic E-state index is 0.283. The third kappa shape index (κ3) is 3.32. The number of methoxy groups -OCH3 is 1. The van der Waals surface area contributed by atoms with Gasteiger partial charge in [0, 0.05) is 20.2 Å². The van der Waals surface area contributed by atoms with Crippen LogP contribution in [0.15, 0.2) is 24.3 Å². The highest BCUT2D eigenvalue weighted by Gasteiger charge is 2.22. The van der Waals surface area contributed by atoms with Crippen LogP contribution >= 0.6 is 0 Å². The average Bonchev–Trinajstić information content (AvgIpc) is 3.14. The van der Waals surface area contributed by atoms with Gasteiger partial charge < -0.3 is 10.1 Å². The Kier molecular flexibility index (Phi) is 3.97. The van der Waals surface area contributed by atoms with Gasteiger partial charge in [-0.15, -0.1) is 0 Å². The lowest BCUT2D eigenvalue weighted by Crippen LogP contribution is -2.25. The maximum atomic E-state index is 5.18. The normalized spacial score (nSPS) is 17.4. The van der Waals surface area contributed by atoms with E-state index in [2.05, 4.69) is 36.5 Å². The lowest BCUT2D eigenvalue weighted by molar-refractivity contribution is 0.117. The molecule has 1 aromatic carbocycles. The molecular formula is C14H21NO. The quantitative estimate of drug-likeness (QED) is 0.794. The highest BCUT2D eigenvalue weighted by Crippen LogP contribution is 2.39. The molecule has 1 aromatic rings. The lowest BCUT2D eigenvalue weighted by atomic mass is 10.1. The molecule has 0 spiro atoms. The lowest BCUT2D eigenvalue weighted by Gasteiger charge is -2.10. The maximum absolute atomic E-state index is 5.18. The Morgan fingerprint density at radius 3 is 2.56 bits per heavy atom. The predicted molar refractivity (Wildman–Crippen MR) is 66.6 cm³/mol. The van der Waals surface area contributed by atoms with Gasteiger partial charge in [0.25, 0.3) is 0 Å². The van der Waals surface area contributed by atoms with E-state index in [1.807, 2.05) is 0 Å². The summed E-state index contributed by atoms with van der Waals surface area (Å²) in [5, 5.41) is 3.39. The van der Waals surface area contributed by atoms with Gasteiger partial charge in [0.15, 0.2) is 0 Å². The summed E-state index contributed by atoms with van der Waals surface area (Å²) in [5.74, 6) is 0.857. The molecule has 1 saturated carbocycles. The molecule has 0 aliphatic heterocycles. The Morgan fingerprint density at radius 1 is 1.31 bits per heavy atom. The van der Waals surface area contributed by atoms with Gasteiger partial charge in [-0.25, -0.2) is 0 Å². The van der Waals surface area contributed by atoms with Gasteiger partial charge in [0.2, 0.25) is 0 Å². The van der Waals surface area contributed by atoms with E-state index in [0.717, 1.165) is 19.0 Å². The largest absolute Gasteiger partial charge is 0.380 e. The second-order valence-electron chi connectivity index (χ2n) is 4.69. The van der Waals surface area contributed by atoms with E-state index in [4.69, 9.17) is 4.74 Å². The van der Waals surface area contributed by atoms with Crippen molar-refractivity contribution in [2.24, 2.45) is 0 Å². The molecule has 1 fully saturated rings. The first-order chi connectivity index (χ1) is 7.79. The molecule has 16 heavy (non-hydrogen) atoms. The van der Waals surface area contributed by atoms with Crippen LogP contribution in [0, 0.1) is 0 Å². The number of hydrogen-bond acceptors (Lipinski definition) is 2. The van der Waals surface area contributed by atoms with Crippen molar-refractivity contribution in [2.75, 3.05) is 13.7 Å². The van der Waals surface area contributed by atoms with Crippen molar-refractivity contribution >= 4 is 0 Å². The first-order valence-electron chi connectivity index (χ1n) is 6.12. The van der Waals surface area contributed by atoms with Gasteiger partial charge in [-0.2, -0.15) is 0 Å². The van der Waals surface area contributed by atoms with E-state index in [9.17, 15) is 0 Å². The first-order valence-corrected chi connectivity index (χ1v) is 6.12. The van der Waals surface area contributed by atoms with E-state index in [-0.39, 0.29) is 6.10 Å². The summed E-state index contributed by atoms with van der Waals surface area (Å²) in [6.45, 7) is 3.91. The molecule has 1 unspecified atom stereocenters. The second kappa shape index (κ2) is 5.46. The summed E-state index contributed by atoms with van der Waals surface area (Å²) in [5.41, 5.74) is 2.86. The van der Waals surface area contributed by atoms with E-state index in [0.29, 0.717) is 0 Å². The molecule has 0 heterocycles. The topological polar surface area (TPSA) is 21.3 Å². The molecule has 2 nitrogen and oxygen atoms in total. The monoisotopic (exact) mass is 219 g/mol. The van der Waals surface area contributed by atoms with Crippen LogP contribution in [-0.2, 0) is 11.3 Å². The Morgan fingerprint density at radius 2 is 2.00 bits per heavy atom. The Hall–Kier alpha value is -0.860. The molecule has 0 bridgehead atoms. The molecule has 2 heteroatoms. The molecule has 1 atom stereocenters. The second-order valence-corrected chi connectivity index (χ2v) is 4.69. The van der Waals surface area contributed by atoms with Gasteiger partial charge in [-0.05, 0) is 36.8 Å². The summed E-state index contributed by atoms with van der Waals surface area (Å²) in [4.78, 5) is 0. The maximum Gasteiger partial charge on any atom is 0.0667 e. The summed E-state index contributed by atoms with van der Waals surface area (Å²) in [6.07, 6.45) is 3.04. The van der Waals surface area contributed by atoms with Crippen LogP contribution in [0.4, 0.5) is 0 Å². The van der Waals surface area contributed by atoms with Gasteiger partial charge in [-0.1, -0.05) is 24.3 Å². The standard InChI is InChI=1S/C14H21NO/c1-11(16-2)9-15-10-12-3-5-13(6-4-12)14-7-8-14/h3-6,11,14-15H,7-10H2,1-2H3. The third-order valence-electron chi connectivity index (χ3n) is 3.19. The van der Waals surface area contributed by atoms with Crippen molar-refractivity contribution in [3.8, 4) is 0 Å². The van der Waals surface area contributed by atoms with Crippen molar-refractivity contribution in [3.63, 3.8) is 0 Å². The number of rotatable bonds is 6. The fourth-order valence-electron chi connectivity index (χ4n) is 1.83. The zero-order valence-electron chi connectivity index (χ0n) is 10.2. The molecule has 0 radical (unpaired) electrons. The van der Waals surface area contributed by atoms with Crippen LogP contribution in [0.25, 0.3) is 0 Å². The molecule has 0 saturated heterocycles. The van der Waals surface area contributed by atoms with Crippen LogP contribution in [0.5, 0.6) is 0 Å². The van der Waals surface area contributed by atoms with E-state index in [1.54, 1.807) is 7.11 Å². The van der Waals surface area contributed by atoms with Gasteiger partial charge >= 0.3 is 0 Å². The number of ether oxygens (including phenoxy) is 1. The minimum atomic E-state index is 0.283. The number of nitrogens with one attached hydrogen (secondary N) is 1. The molecule has 1 aliphatic rings. The Labute approximate surface area is 98.0 Å². The zero-order chi connectivity index (χ0) is 11.4. The smallest absolute Gasteiger partial charge is 0.0667 e. The average molecular weight is 219 g/mol.